The van der Waals surface area contributed by atoms with Gasteiger partial charge in [-0.25, -0.2) is 0 Å². The number of hydrogen-bond acceptors (Lipinski definition) is 3. The van der Waals surface area contributed by atoms with E-state index >= 15 is 0 Å². The van der Waals surface area contributed by atoms with E-state index in [9.17, 15) is 9.59 Å². The smallest absolute Gasteiger partial charge is 0.317 e. The molecule has 4 heteroatoms. The first-order chi connectivity index (χ1) is 10.1. The normalized spacial score (nSPS) is 17.2. The van der Waals surface area contributed by atoms with Gasteiger partial charge < -0.3 is 4.74 Å². The average molecular weight is 309 g/mol. The molecule has 1 aromatic carbocycles. The molecular weight excluding hydrogens is 288 g/mol. The van der Waals surface area contributed by atoms with Crippen LogP contribution in [0.5, 0.6) is 0 Å². The number of Topliss-reactive ketones (excluding diaryl/α,β-unsaturated/α-hetero) is 1. The van der Waals surface area contributed by atoms with Crippen LogP contribution < -0.4 is 0 Å². The van der Waals surface area contributed by atoms with E-state index in [-0.39, 0.29) is 17.7 Å². The van der Waals surface area contributed by atoms with E-state index in [2.05, 4.69) is 0 Å². The van der Waals surface area contributed by atoms with Crippen molar-refractivity contribution in [1.29, 1.82) is 0 Å². The van der Waals surface area contributed by atoms with E-state index < -0.39 is 5.92 Å². The maximum Gasteiger partial charge on any atom is 0.317 e. The van der Waals surface area contributed by atoms with Crippen molar-refractivity contribution in [3.05, 3.63) is 34.9 Å². The predicted molar refractivity (Wildman–Crippen MR) is 82.5 cm³/mol. The Kier molecular flexibility index (Phi) is 5.80. The number of esters is 1. The minimum absolute atomic E-state index is 0.0981. The van der Waals surface area contributed by atoms with Gasteiger partial charge in [-0.2, -0.15) is 0 Å². The third-order valence-electron chi connectivity index (χ3n) is 4.07. The largest absolute Gasteiger partial charge is 0.465 e. The van der Waals surface area contributed by atoms with Crippen LogP contribution in [0.1, 0.15) is 49.4 Å². The molecule has 0 aliphatic heterocycles. The Morgan fingerprint density at radius 3 is 2.38 bits per heavy atom. The quantitative estimate of drug-likeness (QED) is 0.463. The highest BCUT2D eigenvalue weighted by molar-refractivity contribution is 6.30. The summed E-state index contributed by atoms with van der Waals surface area (Å²) in [5.74, 6) is -1.10. The molecule has 1 fully saturated rings. The lowest BCUT2D eigenvalue weighted by Gasteiger charge is -2.27. The Balaban J connectivity index is 2.22. The summed E-state index contributed by atoms with van der Waals surface area (Å²) in [5.41, 5.74) is 0.531. The van der Waals surface area contributed by atoms with Gasteiger partial charge in [0, 0.05) is 10.6 Å². The van der Waals surface area contributed by atoms with Crippen molar-refractivity contribution in [2.75, 3.05) is 6.61 Å². The number of hydrogen-bond donors (Lipinski definition) is 0. The molecule has 2 rings (SSSR count). The van der Waals surface area contributed by atoms with Crippen LogP contribution in [0.25, 0.3) is 0 Å². The van der Waals surface area contributed by atoms with Crippen LogP contribution in [0.2, 0.25) is 5.02 Å². The van der Waals surface area contributed by atoms with E-state index in [1.807, 2.05) is 0 Å². The van der Waals surface area contributed by atoms with Gasteiger partial charge in [-0.05, 0) is 49.9 Å². The van der Waals surface area contributed by atoms with Crippen molar-refractivity contribution in [3.8, 4) is 0 Å². The van der Waals surface area contributed by atoms with E-state index in [1.165, 1.54) is 6.42 Å². The molecule has 1 aliphatic carbocycles. The maximum atomic E-state index is 12.7. The van der Waals surface area contributed by atoms with E-state index in [0.29, 0.717) is 17.2 Å². The van der Waals surface area contributed by atoms with Crippen LogP contribution in [0.3, 0.4) is 0 Å². The van der Waals surface area contributed by atoms with Crippen molar-refractivity contribution < 1.29 is 14.3 Å². The summed E-state index contributed by atoms with van der Waals surface area (Å²) in [7, 11) is 0. The highest BCUT2D eigenvalue weighted by atomic mass is 35.5. The second kappa shape index (κ2) is 7.60. The molecule has 1 atom stereocenters. The summed E-state index contributed by atoms with van der Waals surface area (Å²) in [6.07, 6.45) is 5.18. The maximum absolute atomic E-state index is 12.7. The van der Waals surface area contributed by atoms with Gasteiger partial charge in [0.25, 0.3) is 0 Å². The molecule has 1 aliphatic rings. The van der Waals surface area contributed by atoms with Gasteiger partial charge in [0.2, 0.25) is 0 Å². The van der Waals surface area contributed by atoms with Gasteiger partial charge in [-0.15, -0.1) is 0 Å². The lowest BCUT2D eigenvalue weighted by molar-refractivity contribution is -0.148. The minimum Gasteiger partial charge on any atom is -0.465 e. The summed E-state index contributed by atoms with van der Waals surface area (Å²) in [6, 6.07) is 6.72. The summed E-state index contributed by atoms with van der Waals surface area (Å²) in [6.45, 7) is 2.07. The average Bonchev–Trinajstić information content (AvgIpc) is 2.49. The third-order valence-corrected chi connectivity index (χ3v) is 4.32. The Labute approximate surface area is 130 Å². The second-order valence-electron chi connectivity index (χ2n) is 5.50. The van der Waals surface area contributed by atoms with Gasteiger partial charge in [0.1, 0.15) is 5.92 Å². The molecule has 1 unspecified atom stereocenters. The van der Waals surface area contributed by atoms with Crippen molar-refractivity contribution >= 4 is 23.4 Å². The molecule has 0 amide bonds. The summed E-state index contributed by atoms with van der Waals surface area (Å²) < 4.78 is 5.14. The van der Waals surface area contributed by atoms with Crippen molar-refractivity contribution in [1.82, 2.24) is 0 Å². The fraction of sp³-hybridized carbons (Fsp3) is 0.529. The molecule has 0 saturated heterocycles. The summed E-state index contributed by atoms with van der Waals surface area (Å²) in [4.78, 5) is 25.0. The SMILES string of the molecule is CCOC(=O)C(C(=O)c1ccc(Cl)cc1)C1CCCCC1. The van der Waals surface area contributed by atoms with Crippen LogP contribution >= 0.6 is 11.6 Å². The Morgan fingerprint density at radius 2 is 1.81 bits per heavy atom. The molecule has 1 aromatic rings. The van der Waals surface area contributed by atoms with Gasteiger partial charge in [-0.3, -0.25) is 9.59 Å². The lowest BCUT2D eigenvalue weighted by Crippen LogP contribution is -2.34. The fourth-order valence-corrected chi connectivity index (χ4v) is 3.13. The first-order valence-corrected chi connectivity index (χ1v) is 7.97. The van der Waals surface area contributed by atoms with Gasteiger partial charge in [-0.1, -0.05) is 30.9 Å². The predicted octanol–water partition coefficient (Wildman–Crippen LogP) is 4.28. The standard InChI is InChI=1S/C17H21ClO3/c1-2-21-17(20)15(12-6-4-3-5-7-12)16(19)13-8-10-14(18)11-9-13/h8-12,15H,2-7H2,1H3. The number of ketones is 1. The van der Waals surface area contributed by atoms with Gasteiger partial charge >= 0.3 is 5.97 Å². The van der Waals surface area contributed by atoms with Gasteiger partial charge in [0.15, 0.2) is 5.78 Å². The second-order valence-corrected chi connectivity index (χ2v) is 5.94. The first-order valence-electron chi connectivity index (χ1n) is 7.60. The summed E-state index contributed by atoms with van der Waals surface area (Å²) >= 11 is 5.85. The molecule has 0 N–H and O–H groups in total. The summed E-state index contributed by atoms with van der Waals surface area (Å²) in [5, 5.41) is 0.580. The fourth-order valence-electron chi connectivity index (χ4n) is 3.01. The number of benzene rings is 1. The van der Waals surface area contributed by atoms with E-state index in [0.717, 1.165) is 25.7 Å². The van der Waals surface area contributed by atoms with Crippen LogP contribution in [-0.2, 0) is 9.53 Å². The van der Waals surface area contributed by atoms with Crippen molar-refractivity contribution in [2.45, 2.75) is 39.0 Å². The molecule has 0 bridgehead atoms. The first kappa shape index (κ1) is 16.0. The lowest BCUT2D eigenvalue weighted by atomic mass is 9.76. The molecule has 1 saturated carbocycles. The zero-order valence-corrected chi connectivity index (χ0v) is 13.1. The van der Waals surface area contributed by atoms with Crippen LogP contribution in [0.4, 0.5) is 0 Å². The molecular formula is C17H21ClO3. The topological polar surface area (TPSA) is 43.4 Å². The molecule has 0 spiro atoms. The number of rotatable bonds is 5. The number of ether oxygens (including phenoxy) is 1. The highest BCUT2D eigenvalue weighted by Gasteiger charge is 2.36. The molecule has 0 radical (unpaired) electrons. The number of carbonyl (C=O) groups excluding carboxylic acids is 2. The van der Waals surface area contributed by atoms with Crippen LogP contribution in [0, 0.1) is 11.8 Å². The third kappa shape index (κ3) is 4.07. The Morgan fingerprint density at radius 1 is 1.19 bits per heavy atom. The molecule has 114 valence electrons. The van der Waals surface area contributed by atoms with Crippen LogP contribution in [0.15, 0.2) is 24.3 Å². The van der Waals surface area contributed by atoms with Crippen molar-refractivity contribution in [2.24, 2.45) is 11.8 Å². The Bertz CT molecular complexity index is 489. The van der Waals surface area contributed by atoms with Crippen LogP contribution in [-0.4, -0.2) is 18.4 Å². The highest BCUT2D eigenvalue weighted by Crippen LogP contribution is 2.33. The number of halogens is 1. The number of carbonyl (C=O) groups is 2. The zero-order chi connectivity index (χ0) is 15.2. The van der Waals surface area contributed by atoms with Crippen molar-refractivity contribution in [3.63, 3.8) is 0 Å². The zero-order valence-electron chi connectivity index (χ0n) is 12.3. The minimum atomic E-state index is -0.675. The molecule has 3 nitrogen and oxygen atoms in total. The Hall–Kier alpha value is -1.35. The van der Waals surface area contributed by atoms with E-state index in [4.69, 9.17) is 16.3 Å². The van der Waals surface area contributed by atoms with Gasteiger partial charge in [0.05, 0.1) is 6.61 Å². The van der Waals surface area contributed by atoms with E-state index in [1.54, 1.807) is 31.2 Å². The molecule has 0 aromatic heterocycles. The monoisotopic (exact) mass is 308 g/mol. The molecule has 21 heavy (non-hydrogen) atoms. The molecule has 0 heterocycles.